The van der Waals surface area contributed by atoms with Crippen LogP contribution in [0.3, 0.4) is 0 Å². The molecule has 1 saturated heterocycles. The lowest BCUT2D eigenvalue weighted by Crippen LogP contribution is -2.33. The van der Waals surface area contributed by atoms with Gasteiger partial charge in [0, 0.05) is 37.4 Å². The van der Waals surface area contributed by atoms with Gasteiger partial charge in [0.15, 0.2) is 0 Å². The normalized spacial score (nSPS) is 15.6. The molecular formula is C17H26N2O2S. The lowest BCUT2D eigenvalue weighted by Gasteiger charge is -2.20. The average molecular weight is 322 g/mol. The fraction of sp³-hybridized carbons (Fsp3) is 0.647. The van der Waals surface area contributed by atoms with Gasteiger partial charge in [0.25, 0.3) is 0 Å². The summed E-state index contributed by atoms with van der Waals surface area (Å²) >= 11 is 1.74. The standard InChI is InChI=1S/C17H26N2O2S/c20-16(9-4-7-15-8-5-14-22-15)18-11-6-13-19-12-3-1-2-10-17(19)21/h5,8,14H,1-4,6-7,9-13H2,(H,18,20). The highest BCUT2D eigenvalue weighted by molar-refractivity contribution is 7.09. The van der Waals surface area contributed by atoms with Crippen LogP contribution in [0.25, 0.3) is 0 Å². The van der Waals surface area contributed by atoms with E-state index in [-0.39, 0.29) is 11.8 Å². The summed E-state index contributed by atoms with van der Waals surface area (Å²) in [5.41, 5.74) is 0. The highest BCUT2D eigenvalue weighted by atomic mass is 32.1. The van der Waals surface area contributed by atoms with E-state index >= 15 is 0 Å². The third-order valence-electron chi connectivity index (χ3n) is 4.01. The summed E-state index contributed by atoms with van der Waals surface area (Å²) in [5.74, 6) is 0.401. The van der Waals surface area contributed by atoms with Crippen LogP contribution in [0.15, 0.2) is 17.5 Å². The molecule has 0 aromatic carbocycles. The highest BCUT2D eigenvalue weighted by Crippen LogP contribution is 2.12. The number of nitrogens with one attached hydrogen (secondary N) is 1. The first-order valence-corrected chi connectivity index (χ1v) is 9.20. The lowest BCUT2D eigenvalue weighted by atomic mass is 10.2. The van der Waals surface area contributed by atoms with Crippen molar-refractivity contribution in [2.75, 3.05) is 19.6 Å². The van der Waals surface area contributed by atoms with Gasteiger partial charge >= 0.3 is 0 Å². The molecule has 0 bridgehead atoms. The molecule has 5 heteroatoms. The Labute approximate surface area is 136 Å². The van der Waals surface area contributed by atoms with Crippen LogP contribution < -0.4 is 5.32 Å². The maximum atomic E-state index is 11.8. The molecule has 0 unspecified atom stereocenters. The number of thiophene rings is 1. The molecule has 4 nitrogen and oxygen atoms in total. The van der Waals surface area contributed by atoms with E-state index in [9.17, 15) is 9.59 Å². The smallest absolute Gasteiger partial charge is 0.222 e. The van der Waals surface area contributed by atoms with Crippen molar-refractivity contribution < 1.29 is 9.59 Å². The molecule has 1 aliphatic rings. The first-order valence-electron chi connectivity index (χ1n) is 8.32. The lowest BCUT2D eigenvalue weighted by molar-refractivity contribution is -0.130. The zero-order valence-corrected chi connectivity index (χ0v) is 14.0. The van der Waals surface area contributed by atoms with Crippen molar-refractivity contribution in [2.24, 2.45) is 0 Å². The van der Waals surface area contributed by atoms with Crippen LogP contribution in [0.2, 0.25) is 0 Å². The third-order valence-corrected chi connectivity index (χ3v) is 4.94. The maximum Gasteiger partial charge on any atom is 0.222 e. The van der Waals surface area contributed by atoms with Crippen molar-refractivity contribution in [1.29, 1.82) is 0 Å². The topological polar surface area (TPSA) is 49.4 Å². The van der Waals surface area contributed by atoms with Gasteiger partial charge in [-0.3, -0.25) is 9.59 Å². The quantitative estimate of drug-likeness (QED) is 0.748. The first kappa shape index (κ1) is 17.0. The van der Waals surface area contributed by atoms with Crippen LogP contribution in [0.5, 0.6) is 0 Å². The number of hydrogen-bond acceptors (Lipinski definition) is 3. The van der Waals surface area contributed by atoms with E-state index in [0.717, 1.165) is 51.6 Å². The van der Waals surface area contributed by atoms with Crippen LogP contribution in [0, 0.1) is 0 Å². The molecule has 0 radical (unpaired) electrons. The predicted octanol–water partition coefficient (Wildman–Crippen LogP) is 2.98. The van der Waals surface area contributed by atoms with Crippen molar-refractivity contribution in [3.63, 3.8) is 0 Å². The van der Waals surface area contributed by atoms with Crippen molar-refractivity contribution in [3.8, 4) is 0 Å². The first-order chi connectivity index (χ1) is 10.8. The van der Waals surface area contributed by atoms with Gasteiger partial charge in [-0.2, -0.15) is 0 Å². The van der Waals surface area contributed by atoms with E-state index in [1.807, 2.05) is 11.0 Å². The zero-order valence-electron chi connectivity index (χ0n) is 13.2. The van der Waals surface area contributed by atoms with Gasteiger partial charge in [-0.15, -0.1) is 11.3 Å². The van der Waals surface area contributed by atoms with Crippen molar-refractivity contribution in [3.05, 3.63) is 22.4 Å². The molecule has 22 heavy (non-hydrogen) atoms. The summed E-state index contributed by atoms with van der Waals surface area (Å²) in [7, 11) is 0. The van der Waals surface area contributed by atoms with Crippen LogP contribution in [0.4, 0.5) is 0 Å². The third kappa shape index (κ3) is 6.18. The van der Waals surface area contributed by atoms with Crippen LogP contribution in [-0.4, -0.2) is 36.3 Å². The molecule has 0 spiro atoms. The SMILES string of the molecule is O=C(CCCc1cccs1)NCCCN1CCCCCC1=O. The summed E-state index contributed by atoms with van der Waals surface area (Å²) in [4.78, 5) is 26.9. The summed E-state index contributed by atoms with van der Waals surface area (Å²) < 4.78 is 0. The van der Waals surface area contributed by atoms with Crippen molar-refractivity contribution >= 4 is 23.2 Å². The van der Waals surface area contributed by atoms with Gasteiger partial charge in [0.05, 0.1) is 0 Å². The van der Waals surface area contributed by atoms with E-state index < -0.39 is 0 Å². The molecule has 2 rings (SSSR count). The van der Waals surface area contributed by atoms with Gasteiger partial charge < -0.3 is 10.2 Å². The number of likely N-dealkylation sites (tertiary alicyclic amines) is 1. The molecule has 1 N–H and O–H groups in total. The number of aryl methyl sites for hydroxylation is 1. The Morgan fingerprint density at radius 1 is 1.27 bits per heavy atom. The second-order valence-corrected chi connectivity index (χ2v) is 6.86. The number of nitrogens with zero attached hydrogens (tertiary/aromatic N) is 1. The van der Waals surface area contributed by atoms with E-state index in [1.54, 1.807) is 11.3 Å². The summed E-state index contributed by atoms with van der Waals surface area (Å²) in [6, 6.07) is 4.16. The number of amides is 2. The maximum absolute atomic E-state index is 11.8. The van der Waals surface area contributed by atoms with Crippen LogP contribution >= 0.6 is 11.3 Å². The minimum atomic E-state index is 0.124. The van der Waals surface area contributed by atoms with Crippen molar-refractivity contribution in [2.45, 2.75) is 51.4 Å². The molecule has 0 atom stereocenters. The number of carbonyl (C=O) groups is 2. The van der Waals surface area contributed by atoms with Crippen LogP contribution in [0.1, 0.15) is 49.8 Å². The molecule has 2 heterocycles. The van der Waals surface area contributed by atoms with Gasteiger partial charge in [-0.05, 0) is 43.6 Å². The summed E-state index contributed by atoms with van der Waals surface area (Å²) in [6.45, 7) is 2.32. The molecule has 1 fully saturated rings. The van der Waals surface area contributed by atoms with Gasteiger partial charge in [-0.25, -0.2) is 0 Å². The monoisotopic (exact) mass is 322 g/mol. The highest BCUT2D eigenvalue weighted by Gasteiger charge is 2.15. The Morgan fingerprint density at radius 3 is 3.00 bits per heavy atom. The van der Waals surface area contributed by atoms with E-state index in [2.05, 4.69) is 16.8 Å². The van der Waals surface area contributed by atoms with Gasteiger partial charge in [0.2, 0.25) is 11.8 Å². The Kier molecular flexibility index (Phi) is 7.43. The second kappa shape index (κ2) is 9.62. The number of hydrogen-bond donors (Lipinski definition) is 1. The zero-order chi connectivity index (χ0) is 15.6. The average Bonchev–Trinajstić information content (AvgIpc) is 2.94. The molecular weight excluding hydrogens is 296 g/mol. The Balaban J connectivity index is 1.52. The Hall–Kier alpha value is -1.36. The number of rotatable bonds is 8. The molecule has 2 amide bonds. The fourth-order valence-electron chi connectivity index (χ4n) is 2.74. The molecule has 122 valence electrons. The minimum Gasteiger partial charge on any atom is -0.356 e. The van der Waals surface area contributed by atoms with Crippen LogP contribution in [-0.2, 0) is 16.0 Å². The summed E-state index contributed by atoms with van der Waals surface area (Å²) in [6.07, 6.45) is 7.29. The summed E-state index contributed by atoms with van der Waals surface area (Å²) in [5, 5.41) is 5.03. The Bertz CT molecular complexity index is 459. The predicted molar refractivity (Wildman–Crippen MR) is 89.9 cm³/mol. The Morgan fingerprint density at radius 2 is 2.18 bits per heavy atom. The van der Waals surface area contributed by atoms with E-state index in [1.165, 1.54) is 4.88 Å². The molecule has 1 aromatic rings. The van der Waals surface area contributed by atoms with Crippen molar-refractivity contribution in [1.82, 2.24) is 10.2 Å². The molecule has 1 aromatic heterocycles. The molecule has 1 aliphatic heterocycles. The second-order valence-electron chi connectivity index (χ2n) is 5.83. The van der Waals surface area contributed by atoms with E-state index in [4.69, 9.17) is 0 Å². The fourth-order valence-corrected chi connectivity index (χ4v) is 3.49. The molecule has 0 saturated carbocycles. The number of carbonyl (C=O) groups excluding carboxylic acids is 2. The van der Waals surface area contributed by atoms with Gasteiger partial charge in [-0.1, -0.05) is 12.5 Å². The molecule has 0 aliphatic carbocycles. The van der Waals surface area contributed by atoms with E-state index in [0.29, 0.717) is 19.4 Å². The minimum absolute atomic E-state index is 0.124. The largest absolute Gasteiger partial charge is 0.356 e. The van der Waals surface area contributed by atoms with Gasteiger partial charge in [0.1, 0.15) is 0 Å².